The molecule has 0 aliphatic carbocycles. The number of aliphatic hydroxyl groups is 1. The summed E-state index contributed by atoms with van der Waals surface area (Å²) in [6.07, 6.45) is 0. The highest BCUT2D eigenvalue weighted by molar-refractivity contribution is 7.17. The molecule has 0 spiro atoms. The summed E-state index contributed by atoms with van der Waals surface area (Å²) >= 11 is 0.938. The number of benzene rings is 3. The molecule has 1 fully saturated rings. The molecule has 0 saturated carbocycles. The number of thiazole rings is 1. The predicted molar refractivity (Wildman–Crippen MR) is 174 cm³/mol. The number of esters is 1. The van der Waals surface area contributed by atoms with Crippen LogP contribution in [-0.4, -0.2) is 48.1 Å². The van der Waals surface area contributed by atoms with Crippen LogP contribution in [0.3, 0.4) is 0 Å². The Morgan fingerprint density at radius 1 is 0.935 bits per heavy atom. The number of aryl methyl sites for hydroxylation is 2. The third-order valence-electron chi connectivity index (χ3n) is 7.39. The number of rotatable bonds is 11. The topological polar surface area (TPSA) is 124 Å². The van der Waals surface area contributed by atoms with Gasteiger partial charge in [-0.2, -0.15) is 0 Å². The summed E-state index contributed by atoms with van der Waals surface area (Å²) in [5.74, 6) is -1.28. The van der Waals surface area contributed by atoms with Gasteiger partial charge in [0.15, 0.2) is 16.6 Å². The molecule has 238 valence electrons. The first kappa shape index (κ1) is 32.2. The van der Waals surface area contributed by atoms with Crippen LogP contribution in [0.25, 0.3) is 5.76 Å². The molecule has 1 aliphatic heterocycles. The summed E-state index contributed by atoms with van der Waals surface area (Å²) < 4.78 is 22.4. The highest BCUT2D eigenvalue weighted by atomic mass is 32.1. The second-order valence-electron chi connectivity index (χ2n) is 10.4. The van der Waals surface area contributed by atoms with Crippen LogP contribution in [0.4, 0.5) is 5.13 Å². The van der Waals surface area contributed by atoms with Gasteiger partial charge in [-0.05, 0) is 74.7 Å². The molecule has 1 aliphatic rings. The third-order valence-corrected chi connectivity index (χ3v) is 8.52. The normalized spacial score (nSPS) is 15.6. The average Bonchev–Trinajstić information content (AvgIpc) is 3.57. The Labute approximate surface area is 270 Å². The van der Waals surface area contributed by atoms with E-state index in [1.165, 1.54) is 12.0 Å². The summed E-state index contributed by atoms with van der Waals surface area (Å²) in [5.41, 5.74) is 2.73. The van der Waals surface area contributed by atoms with Crippen molar-refractivity contribution in [3.63, 3.8) is 0 Å². The molecule has 3 aromatic carbocycles. The number of carbonyl (C=O) groups is 3. The Balaban J connectivity index is 1.61. The van der Waals surface area contributed by atoms with E-state index >= 15 is 0 Å². The van der Waals surface area contributed by atoms with Crippen LogP contribution in [0.2, 0.25) is 0 Å². The molecule has 0 bridgehead atoms. The second-order valence-corrected chi connectivity index (χ2v) is 11.4. The number of hydrogen-bond donors (Lipinski definition) is 1. The maximum absolute atomic E-state index is 13.7. The van der Waals surface area contributed by atoms with E-state index in [4.69, 9.17) is 18.9 Å². The number of nitrogens with zero attached hydrogens (tertiary/aromatic N) is 2. The number of amides is 1. The van der Waals surface area contributed by atoms with Gasteiger partial charge in [0.25, 0.3) is 5.78 Å². The molecular weight excluding hydrogens is 608 g/mol. The summed E-state index contributed by atoms with van der Waals surface area (Å²) in [6.45, 7) is 7.91. The number of ether oxygens (including phenoxy) is 4. The van der Waals surface area contributed by atoms with E-state index in [0.29, 0.717) is 47.3 Å². The summed E-state index contributed by atoms with van der Waals surface area (Å²) in [4.78, 5) is 46.0. The van der Waals surface area contributed by atoms with Gasteiger partial charge in [0.2, 0.25) is 0 Å². The van der Waals surface area contributed by atoms with Crippen molar-refractivity contribution >= 4 is 39.9 Å². The van der Waals surface area contributed by atoms with E-state index in [2.05, 4.69) is 4.98 Å². The van der Waals surface area contributed by atoms with Gasteiger partial charge in [0.05, 0.1) is 37.6 Å². The zero-order valence-corrected chi connectivity index (χ0v) is 27.0. The first-order valence-electron chi connectivity index (χ1n) is 14.7. The SMILES string of the molecule is CCOC(=O)c1sc(N2C(=O)C(=O)C(=C(O)c3ccc(OCc4ccccc4)c(C)c3)C2c2ccc(OCC)c(OC)c2)nc1C. The van der Waals surface area contributed by atoms with E-state index < -0.39 is 23.7 Å². The van der Waals surface area contributed by atoms with E-state index in [1.54, 1.807) is 50.2 Å². The van der Waals surface area contributed by atoms with Gasteiger partial charge < -0.3 is 24.1 Å². The third kappa shape index (κ3) is 6.32. The maximum atomic E-state index is 13.7. The van der Waals surface area contributed by atoms with Crippen molar-refractivity contribution < 1.29 is 38.4 Å². The number of Topliss-reactive ketones (excluding diaryl/α,β-unsaturated/α-hetero) is 1. The summed E-state index contributed by atoms with van der Waals surface area (Å²) in [5, 5.41) is 11.8. The molecule has 1 aromatic heterocycles. The number of anilines is 1. The van der Waals surface area contributed by atoms with Crippen molar-refractivity contribution in [2.75, 3.05) is 25.2 Å². The quantitative estimate of drug-likeness (QED) is 0.0839. The number of ketones is 1. The van der Waals surface area contributed by atoms with Gasteiger partial charge in [-0.15, -0.1) is 0 Å². The van der Waals surface area contributed by atoms with E-state index in [9.17, 15) is 19.5 Å². The van der Waals surface area contributed by atoms with Crippen molar-refractivity contribution in [1.82, 2.24) is 4.98 Å². The molecule has 5 rings (SSSR count). The van der Waals surface area contributed by atoms with Gasteiger partial charge in [-0.25, -0.2) is 9.78 Å². The van der Waals surface area contributed by atoms with Gasteiger partial charge >= 0.3 is 11.9 Å². The lowest BCUT2D eigenvalue weighted by Gasteiger charge is -2.24. The molecule has 4 aromatic rings. The molecule has 1 N–H and O–H groups in total. The minimum Gasteiger partial charge on any atom is -0.507 e. The van der Waals surface area contributed by atoms with Crippen molar-refractivity contribution in [3.8, 4) is 17.2 Å². The first-order valence-corrected chi connectivity index (χ1v) is 15.5. The number of aliphatic hydroxyl groups excluding tert-OH is 1. The number of carbonyl (C=O) groups excluding carboxylic acids is 3. The molecule has 0 radical (unpaired) electrons. The molecular formula is C35H34N2O8S. The predicted octanol–water partition coefficient (Wildman–Crippen LogP) is 6.55. The summed E-state index contributed by atoms with van der Waals surface area (Å²) in [7, 11) is 1.48. The van der Waals surface area contributed by atoms with E-state index in [1.807, 2.05) is 44.2 Å². The highest BCUT2D eigenvalue weighted by Gasteiger charge is 2.48. The minimum absolute atomic E-state index is 0.111. The van der Waals surface area contributed by atoms with Crippen LogP contribution in [0.1, 0.15) is 57.5 Å². The van der Waals surface area contributed by atoms with Crippen LogP contribution in [0.5, 0.6) is 17.2 Å². The molecule has 46 heavy (non-hydrogen) atoms. The maximum Gasteiger partial charge on any atom is 0.350 e. The second kappa shape index (κ2) is 13.9. The lowest BCUT2D eigenvalue weighted by Crippen LogP contribution is -2.29. The van der Waals surface area contributed by atoms with E-state index in [-0.39, 0.29) is 27.9 Å². The first-order chi connectivity index (χ1) is 22.2. The number of methoxy groups -OCH3 is 1. The Bertz CT molecular complexity index is 1810. The number of aromatic nitrogens is 1. The Kier molecular flexibility index (Phi) is 9.72. The Hall–Kier alpha value is -5.16. The zero-order valence-electron chi connectivity index (χ0n) is 26.2. The van der Waals surface area contributed by atoms with Crippen molar-refractivity contribution in [2.45, 2.75) is 40.3 Å². The van der Waals surface area contributed by atoms with Crippen molar-refractivity contribution in [1.29, 1.82) is 0 Å². The molecule has 1 saturated heterocycles. The van der Waals surface area contributed by atoms with Crippen LogP contribution in [-0.2, 0) is 20.9 Å². The highest BCUT2D eigenvalue weighted by Crippen LogP contribution is 2.45. The molecule has 10 nitrogen and oxygen atoms in total. The molecule has 11 heteroatoms. The van der Waals surface area contributed by atoms with Crippen LogP contribution in [0, 0.1) is 13.8 Å². The largest absolute Gasteiger partial charge is 0.507 e. The lowest BCUT2D eigenvalue weighted by molar-refractivity contribution is -0.132. The van der Waals surface area contributed by atoms with E-state index in [0.717, 1.165) is 22.5 Å². The van der Waals surface area contributed by atoms with Crippen LogP contribution < -0.4 is 19.1 Å². The minimum atomic E-state index is -1.10. The summed E-state index contributed by atoms with van der Waals surface area (Å²) in [6, 6.07) is 18.7. The van der Waals surface area contributed by atoms with Crippen molar-refractivity contribution in [3.05, 3.63) is 105 Å². The standard InChI is InChI=1S/C35H34N2O8S/c1-6-43-26-16-13-23(18-27(26)42-5)29-28(31(39)33(40)37(29)35-36-21(4)32(46-35)34(41)44-7-2)30(38)24-14-15-25(20(3)17-24)45-19-22-11-9-8-10-12-22/h8-18,29,38H,6-7,19H2,1-5H3. The Morgan fingerprint density at radius 3 is 2.35 bits per heavy atom. The van der Waals surface area contributed by atoms with Crippen LogP contribution in [0.15, 0.2) is 72.3 Å². The monoisotopic (exact) mass is 642 g/mol. The van der Waals surface area contributed by atoms with Gasteiger partial charge in [0, 0.05) is 5.56 Å². The smallest absolute Gasteiger partial charge is 0.350 e. The number of hydrogen-bond acceptors (Lipinski definition) is 10. The fourth-order valence-corrected chi connectivity index (χ4v) is 6.18. The van der Waals surface area contributed by atoms with Gasteiger partial charge in [-0.3, -0.25) is 14.5 Å². The molecule has 2 heterocycles. The van der Waals surface area contributed by atoms with Gasteiger partial charge in [-0.1, -0.05) is 47.7 Å². The molecule has 1 amide bonds. The fourth-order valence-electron chi connectivity index (χ4n) is 5.19. The average molecular weight is 643 g/mol. The molecule has 1 atom stereocenters. The van der Waals surface area contributed by atoms with Crippen LogP contribution >= 0.6 is 11.3 Å². The van der Waals surface area contributed by atoms with Crippen molar-refractivity contribution in [2.24, 2.45) is 0 Å². The molecule has 1 unspecified atom stereocenters. The lowest BCUT2D eigenvalue weighted by atomic mass is 9.94. The van der Waals surface area contributed by atoms with Gasteiger partial charge in [0.1, 0.15) is 23.0 Å². The zero-order chi connectivity index (χ0) is 33.0. The fraction of sp³-hybridized carbons (Fsp3) is 0.257. The Morgan fingerprint density at radius 2 is 1.67 bits per heavy atom.